The molecule has 1 aromatic rings. The van der Waals surface area contributed by atoms with Crippen LogP contribution in [0.3, 0.4) is 0 Å². The van der Waals surface area contributed by atoms with Gasteiger partial charge >= 0.3 is 0 Å². The van der Waals surface area contributed by atoms with Crippen molar-refractivity contribution in [1.82, 2.24) is 5.32 Å². The Bertz CT molecular complexity index is 563. The van der Waals surface area contributed by atoms with E-state index in [4.69, 9.17) is 4.74 Å². The molecule has 0 aromatic heterocycles. The molecule has 2 bridgehead atoms. The number of hydrogen-bond donors (Lipinski definition) is 1. The monoisotopic (exact) mass is 301 g/mol. The number of carbonyl (C=O) groups is 1. The van der Waals surface area contributed by atoms with Crippen molar-refractivity contribution in [3.8, 4) is 5.75 Å². The molecule has 22 heavy (non-hydrogen) atoms. The Labute approximate surface area is 133 Å². The van der Waals surface area contributed by atoms with Gasteiger partial charge in [0.05, 0.1) is 0 Å². The molecule has 3 atom stereocenters. The molecule has 0 spiro atoms. The van der Waals surface area contributed by atoms with E-state index < -0.39 is 0 Å². The van der Waals surface area contributed by atoms with Gasteiger partial charge in [0.25, 0.3) is 5.91 Å². The minimum atomic E-state index is -0.00449. The minimum Gasteiger partial charge on any atom is -0.484 e. The highest BCUT2D eigenvalue weighted by Gasteiger charge is 2.61. The normalized spacial score (nSPS) is 32.0. The van der Waals surface area contributed by atoms with Crippen molar-refractivity contribution in [2.75, 3.05) is 6.61 Å². The molecular formula is C19H27NO2. The number of amides is 1. The molecule has 0 saturated heterocycles. The van der Waals surface area contributed by atoms with Gasteiger partial charge in [-0.2, -0.15) is 0 Å². The smallest absolute Gasteiger partial charge is 0.258 e. The first kappa shape index (κ1) is 15.4. The van der Waals surface area contributed by atoms with Crippen molar-refractivity contribution >= 4 is 5.91 Å². The number of nitrogens with one attached hydrogen (secondary N) is 1. The largest absolute Gasteiger partial charge is 0.484 e. The summed E-state index contributed by atoms with van der Waals surface area (Å²) >= 11 is 0. The second-order valence-electron chi connectivity index (χ2n) is 7.83. The molecule has 3 nitrogen and oxygen atoms in total. The second kappa shape index (κ2) is 5.29. The maximum atomic E-state index is 12.2. The maximum absolute atomic E-state index is 12.2. The van der Waals surface area contributed by atoms with Crippen LogP contribution in [0.1, 0.15) is 45.6 Å². The summed E-state index contributed by atoms with van der Waals surface area (Å²) in [5.41, 5.74) is 1.73. The summed E-state index contributed by atoms with van der Waals surface area (Å²) < 4.78 is 5.59. The molecule has 3 heteroatoms. The van der Waals surface area contributed by atoms with Crippen LogP contribution in [-0.2, 0) is 4.79 Å². The van der Waals surface area contributed by atoms with Crippen LogP contribution < -0.4 is 10.1 Å². The Hall–Kier alpha value is -1.51. The van der Waals surface area contributed by atoms with Crippen LogP contribution in [0.15, 0.2) is 24.3 Å². The van der Waals surface area contributed by atoms with E-state index >= 15 is 0 Å². The fourth-order valence-corrected chi connectivity index (χ4v) is 4.44. The van der Waals surface area contributed by atoms with Gasteiger partial charge in [0, 0.05) is 6.04 Å². The van der Waals surface area contributed by atoms with Gasteiger partial charge in [-0.05, 0) is 55.1 Å². The van der Waals surface area contributed by atoms with E-state index in [1.807, 2.05) is 31.2 Å². The lowest BCUT2D eigenvalue weighted by Gasteiger charge is -2.39. The highest BCUT2D eigenvalue weighted by atomic mass is 16.5. The number of carbonyl (C=O) groups excluding carboxylic acids is 1. The van der Waals surface area contributed by atoms with Crippen LogP contribution in [0.25, 0.3) is 0 Å². The lowest BCUT2D eigenvalue weighted by molar-refractivity contribution is -0.124. The van der Waals surface area contributed by atoms with Crippen LogP contribution in [0.2, 0.25) is 0 Å². The quantitative estimate of drug-likeness (QED) is 0.921. The number of rotatable bonds is 4. The van der Waals surface area contributed by atoms with E-state index in [0.717, 1.165) is 18.1 Å². The number of benzene rings is 1. The SMILES string of the molecule is Cc1ccc(OCC(=O)NC2CC3CCC2(C)C3(C)C)cc1. The van der Waals surface area contributed by atoms with Crippen molar-refractivity contribution < 1.29 is 9.53 Å². The zero-order chi connectivity index (χ0) is 16.0. The third-order valence-electron chi connectivity index (χ3n) is 6.52. The van der Waals surface area contributed by atoms with E-state index in [1.165, 1.54) is 18.4 Å². The molecular weight excluding hydrogens is 274 g/mol. The lowest BCUT2D eigenvalue weighted by atomic mass is 9.69. The van der Waals surface area contributed by atoms with Crippen LogP contribution in [-0.4, -0.2) is 18.6 Å². The van der Waals surface area contributed by atoms with Gasteiger partial charge in [0.15, 0.2) is 6.61 Å². The van der Waals surface area contributed by atoms with Crippen molar-refractivity contribution in [3.63, 3.8) is 0 Å². The van der Waals surface area contributed by atoms with Crippen LogP contribution >= 0.6 is 0 Å². The van der Waals surface area contributed by atoms with E-state index in [-0.39, 0.29) is 24.0 Å². The van der Waals surface area contributed by atoms with Crippen LogP contribution in [0, 0.1) is 23.7 Å². The lowest BCUT2D eigenvalue weighted by Crippen LogP contribution is -2.48. The van der Waals surface area contributed by atoms with Crippen molar-refractivity contribution in [2.45, 2.75) is 53.0 Å². The standard InChI is InChI=1S/C19H27NO2/c1-13-5-7-15(8-6-13)22-12-17(21)20-16-11-14-9-10-19(16,4)18(14,2)3/h5-8,14,16H,9-12H2,1-4H3,(H,20,21). The van der Waals surface area contributed by atoms with Gasteiger partial charge < -0.3 is 10.1 Å². The van der Waals surface area contributed by atoms with E-state index in [2.05, 4.69) is 26.1 Å². The van der Waals surface area contributed by atoms with Crippen molar-refractivity contribution in [1.29, 1.82) is 0 Å². The molecule has 1 aromatic carbocycles. The highest BCUT2D eigenvalue weighted by Crippen LogP contribution is 2.65. The van der Waals surface area contributed by atoms with E-state index in [0.29, 0.717) is 5.41 Å². The third-order valence-corrected chi connectivity index (χ3v) is 6.52. The zero-order valence-electron chi connectivity index (χ0n) is 14.1. The molecule has 0 aliphatic heterocycles. The van der Waals surface area contributed by atoms with Gasteiger partial charge in [-0.15, -0.1) is 0 Å². The summed E-state index contributed by atoms with van der Waals surface area (Å²) in [4.78, 5) is 12.2. The molecule has 3 unspecified atom stereocenters. The van der Waals surface area contributed by atoms with Gasteiger partial charge in [-0.3, -0.25) is 4.79 Å². The summed E-state index contributed by atoms with van der Waals surface area (Å²) in [6, 6.07) is 8.09. The van der Waals surface area contributed by atoms with E-state index in [1.54, 1.807) is 0 Å². The summed E-state index contributed by atoms with van der Waals surface area (Å²) in [5.74, 6) is 1.48. The summed E-state index contributed by atoms with van der Waals surface area (Å²) in [6.07, 6.45) is 3.63. The third kappa shape index (κ3) is 2.41. The molecule has 3 rings (SSSR count). The predicted molar refractivity (Wildman–Crippen MR) is 87.8 cm³/mol. The second-order valence-corrected chi connectivity index (χ2v) is 7.83. The molecule has 120 valence electrons. The van der Waals surface area contributed by atoms with Crippen LogP contribution in [0.4, 0.5) is 0 Å². The minimum absolute atomic E-state index is 0.00449. The van der Waals surface area contributed by atoms with Crippen molar-refractivity contribution in [2.24, 2.45) is 16.7 Å². The van der Waals surface area contributed by atoms with Gasteiger partial charge in [-0.25, -0.2) is 0 Å². The molecule has 2 fully saturated rings. The zero-order valence-corrected chi connectivity index (χ0v) is 14.1. The summed E-state index contributed by atoms with van der Waals surface area (Å²) in [7, 11) is 0. The van der Waals surface area contributed by atoms with Gasteiger partial charge in [-0.1, -0.05) is 38.5 Å². The maximum Gasteiger partial charge on any atom is 0.258 e. The van der Waals surface area contributed by atoms with Gasteiger partial charge in [0.1, 0.15) is 5.75 Å². The Balaban J connectivity index is 1.56. The first-order chi connectivity index (χ1) is 10.3. The molecule has 2 aliphatic carbocycles. The average molecular weight is 301 g/mol. The Morgan fingerprint density at radius 3 is 2.50 bits per heavy atom. The molecule has 1 N–H and O–H groups in total. The Morgan fingerprint density at radius 1 is 1.27 bits per heavy atom. The highest BCUT2D eigenvalue weighted by molar-refractivity contribution is 5.78. The van der Waals surface area contributed by atoms with Gasteiger partial charge in [0.2, 0.25) is 0 Å². The Kier molecular flexibility index (Phi) is 3.70. The van der Waals surface area contributed by atoms with Crippen molar-refractivity contribution in [3.05, 3.63) is 29.8 Å². The predicted octanol–water partition coefficient (Wildman–Crippen LogP) is 3.70. The summed E-state index contributed by atoms with van der Waals surface area (Å²) in [6.45, 7) is 9.19. The van der Waals surface area contributed by atoms with E-state index in [9.17, 15) is 4.79 Å². The number of fused-ring (bicyclic) bond motifs is 2. The molecule has 0 radical (unpaired) electrons. The first-order valence-electron chi connectivity index (χ1n) is 8.32. The fourth-order valence-electron chi connectivity index (χ4n) is 4.44. The average Bonchev–Trinajstić information content (AvgIpc) is 2.80. The summed E-state index contributed by atoms with van der Waals surface area (Å²) in [5, 5.41) is 3.22. The molecule has 0 heterocycles. The Morgan fingerprint density at radius 2 is 1.95 bits per heavy atom. The number of aryl methyl sites for hydroxylation is 1. The number of ether oxygens (including phenoxy) is 1. The first-order valence-corrected chi connectivity index (χ1v) is 8.32. The van der Waals surface area contributed by atoms with Crippen LogP contribution in [0.5, 0.6) is 5.75 Å². The molecule has 1 amide bonds. The topological polar surface area (TPSA) is 38.3 Å². The molecule has 2 saturated carbocycles. The fraction of sp³-hybridized carbons (Fsp3) is 0.632. The number of hydrogen-bond acceptors (Lipinski definition) is 2. The molecule has 2 aliphatic rings.